The van der Waals surface area contributed by atoms with Crippen LogP contribution in [0.1, 0.15) is 0 Å². The van der Waals surface area contributed by atoms with Crippen molar-refractivity contribution >= 4 is 60.5 Å². The molecule has 6 nitrogen and oxygen atoms in total. The molecular formula is H4CaO6S2. The van der Waals surface area contributed by atoms with Gasteiger partial charge >= 0.3 is 0 Å². The van der Waals surface area contributed by atoms with Gasteiger partial charge in [-0.25, -0.2) is 0 Å². The maximum Gasteiger partial charge on any atom is 0.299 e. The van der Waals surface area contributed by atoms with E-state index in [9.17, 15) is 0 Å². The van der Waals surface area contributed by atoms with Crippen LogP contribution in [0.15, 0.2) is 0 Å². The zero-order valence-electron chi connectivity index (χ0n) is 4.13. The Morgan fingerprint density at radius 2 is 0.778 bits per heavy atom. The Morgan fingerprint density at radius 3 is 0.778 bits per heavy atom. The van der Waals surface area contributed by atoms with Gasteiger partial charge in [0.15, 0.2) is 0 Å². The maximum atomic E-state index is 8.67. The van der Waals surface area contributed by atoms with E-state index in [-0.39, 0.29) is 37.7 Å². The summed E-state index contributed by atoms with van der Waals surface area (Å²) in [7, 11) is 0. The molecule has 0 aliphatic carbocycles. The SMILES string of the molecule is O=S(O)O.O=S(O)O.[Ca]. The molecule has 0 aromatic carbocycles. The largest absolute Gasteiger partial charge is 0.299 e. The minimum Gasteiger partial charge on any atom is -0.284 e. The van der Waals surface area contributed by atoms with Crippen molar-refractivity contribution in [3.05, 3.63) is 0 Å². The van der Waals surface area contributed by atoms with Gasteiger partial charge in [0.25, 0.3) is 22.7 Å². The molecule has 9 heteroatoms. The van der Waals surface area contributed by atoms with E-state index in [1.807, 2.05) is 0 Å². The van der Waals surface area contributed by atoms with Crippen LogP contribution in [0, 0.1) is 0 Å². The van der Waals surface area contributed by atoms with E-state index in [1.165, 1.54) is 0 Å². The Morgan fingerprint density at radius 1 is 0.778 bits per heavy atom. The second kappa shape index (κ2) is 12.1. The first kappa shape index (κ1) is 16.8. The van der Waals surface area contributed by atoms with Gasteiger partial charge in [-0.05, 0) is 0 Å². The predicted octanol–water partition coefficient (Wildman–Crippen LogP) is -1.02. The molecule has 2 radical (unpaired) electrons. The molecule has 0 unspecified atom stereocenters. The third-order valence-corrected chi connectivity index (χ3v) is 0. The van der Waals surface area contributed by atoms with Gasteiger partial charge in [0.05, 0.1) is 0 Å². The standard InChI is InChI=1S/Ca.2H2O3S/c;2*1-4(2)3/h;2*(H2,1,2,3). The van der Waals surface area contributed by atoms with Crippen molar-refractivity contribution in [3.63, 3.8) is 0 Å². The minimum atomic E-state index is -2.61. The molecule has 0 heterocycles. The summed E-state index contributed by atoms with van der Waals surface area (Å²) < 4.78 is 45.7. The van der Waals surface area contributed by atoms with Crippen molar-refractivity contribution in [2.45, 2.75) is 0 Å². The van der Waals surface area contributed by atoms with Crippen LogP contribution in [0.5, 0.6) is 0 Å². The molecule has 0 amide bonds. The normalized spacial score (nSPS) is 7.78. The van der Waals surface area contributed by atoms with Crippen LogP contribution in [-0.2, 0) is 22.7 Å². The molecule has 0 fully saturated rings. The third-order valence-electron chi connectivity index (χ3n) is 0. The van der Waals surface area contributed by atoms with Crippen molar-refractivity contribution in [1.29, 1.82) is 0 Å². The van der Waals surface area contributed by atoms with Gasteiger partial charge in [-0.1, -0.05) is 0 Å². The van der Waals surface area contributed by atoms with Gasteiger partial charge in [-0.15, -0.1) is 0 Å². The van der Waals surface area contributed by atoms with Gasteiger partial charge in [0.2, 0.25) is 0 Å². The van der Waals surface area contributed by atoms with Gasteiger partial charge in [0.1, 0.15) is 0 Å². The summed E-state index contributed by atoms with van der Waals surface area (Å²) >= 11 is -5.22. The quantitative estimate of drug-likeness (QED) is 0.296. The molecule has 0 spiro atoms. The molecule has 0 rings (SSSR count). The molecule has 54 valence electrons. The van der Waals surface area contributed by atoms with Crippen LogP contribution < -0.4 is 0 Å². The minimum absolute atomic E-state index is 0. The summed E-state index contributed by atoms with van der Waals surface area (Å²) in [6, 6.07) is 0. The van der Waals surface area contributed by atoms with E-state index in [0.29, 0.717) is 0 Å². The molecule has 0 aromatic rings. The van der Waals surface area contributed by atoms with Gasteiger partial charge < -0.3 is 0 Å². The summed E-state index contributed by atoms with van der Waals surface area (Å²) in [5.41, 5.74) is 0. The Kier molecular flexibility index (Phi) is 22.6. The molecule has 0 atom stereocenters. The molecular weight excluding hydrogens is 200 g/mol. The van der Waals surface area contributed by atoms with Crippen LogP contribution in [0.25, 0.3) is 0 Å². The van der Waals surface area contributed by atoms with E-state index in [0.717, 1.165) is 0 Å². The summed E-state index contributed by atoms with van der Waals surface area (Å²) in [6.45, 7) is 0. The molecule has 0 saturated heterocycles. The van der Waals surface area contributed by atoms with Crippen molar-refractivity contribution in [2.24, 2.45) is 0 Å². The number of hydrogen-bond donors (Lipinski definition) is 4. The average Bonchev–Trinajstić information content (AvgIpc) is 1.25. The fourth-order valence-corrected chi connectivity index (χ4v) is 0. The first-order valence-corrected chi connectivity index (χ1v) is 3.19. The van der Waals surface area contributed by atoms with Gasteiger partial charge in [-0.2, -0.15) is 8.42 Å². The zero-order chi connectivity index (χ0) is 7.15. The van der Waals surface area contributed by atoms with Crippen molar-refractivity contribution in [3.8, 4) is 0 Å². The maximum absolute atomic E-state index is 8.67. The zero-order valence-corrected chi connectivity index (χ0v) is 7.97. The molecule has 9 heavy (non-hydrogen) atoms. The summed E-state index contributed by atoms with van der Waals surface area (Å²) in [4.78, 5) is 0. The molecule has 4 N–H and O–H groups in total. The molecule has 0 saturated carbocycles. The second-order valence-electron chi connectivity index (χ2n) is 0.461. The van der Waals surface area contributed by atoms with E-state index >= 15 is 0 Å². The third kappa shape index (κ3) is 263. The Labute approximate surface area is 86.3 Å². The van der Waals surface area contributed by atoms with Crippen molar-refractivity contribution < 1.29 is 26.6 Å². The first-order valence-electron chi connectivity index (χ1n) is 1.06. The second-order valence-corrected chi connectivity index (χ2v) is 1.38. The van der Waals surface area contributed by atoms with E-state index < -0.39 is 22.7 Å². The molecule has 0 aliphatic heterocycles. The predicted molar refractivity (Wildman–Crippen MR) is 32.6 cm³/mol. The van der Waals surface area contributed by atoms with E-state index in [2.05, 4.69) is 0 Å². The number of rotatable bonds is 0. The smallest absolute Gasteiger partial charge is 0.284 e. The number of hydrogen-bond acceptors (Lipinski definition) is 2. The Balaban J connectivity index is -0.0000000720. The van der Waals surface area contributed by atoms with Crippen LogP contribution in [0.4, 0.5) is 0 Å². The van der Waals surface area contributed by atoms with Crippen LogP contribution in [0.3, 0.4) is 0 Å². The van der Waals surface area contributed by atoms with Crippen LogP contribution in [-0.4, -0.2) is 64.4 Å². The molecule has 0 bridgehead atoms. The van der Waals surface area contributed by atoms with Gasteiger partial charge in [-0.3, -0.25) is 18.2 Å². The van der Waals surface area contributed by atoms with Crippen LogP contribution in [0.2, 0.25) is 0 Å². The van der Waals surface area contributed by atoms with Crippen LogP contribution >= 0.6 is 0 Å². The first-order chi connectivity index (χ1) is 3.46. The Bertz CT molecular complexity index is 69.1. The molecule has 0 aromatic heterocycles. The fourth-order valence-electron chi connectivity index (χ4n) is 0. The summed E-state index contributed by atoms with van der Waals surface area (Å²) in [5.74, 6) is 0. The monoisotopic (exact) mass is 204 g/mol. The average molecular weight is 204 g/mol. The Hall–Kier alpha value is 1.40. The van der Waals surface area contributed by atoms with Crippen molar-refractivity contribution in [1.82, 2.24) is 0 Å². The topological polar surface area (TPSA) is 115 Å². The summed E-state index contributed by atoms with van der Waals surface area (Å²) in [6.07, 6.45) is 0. The van der Waals surface area contributed by atoms with Gasteiger partial charge in [0, 0.05) is 37.7 Å². The van der Waals surface area contributed by atoms with E-state index in [4.69, 9.17) is 26.6 Å². The fraction of sp³-hybridized carbons (Fsp3) is 0. The van der Waals surface area contributed by atoms with Crippen molar-refractivity contribution in [2.75, 3.05) is 0 Å². The molecule has 0 aliphatic rings. The van der Waals surface area contributed by atoms with E-state index in [1.54, 1.807) is 0 Å². The summed E-state index contributed by atoms with van der Waals surface area (Å²) in [5, 5.41) is 0.